The Kier molecular flexibility index (Phi) is 8.39. The van der Waals surface area contributed by atoms with E-state index in [2.05, 4.69) is 56.5 Å². The number of methoxy groups -OCH3 is 1. The molecule has 172 valence electrons. The third-order valence-electron chi connectivity index (χ3n) is 5.71. The predicted molar refractivity (Wildman–Crippen MR) is 138 cm³/mol. The minimum atomic E-state index is 0.0512. The molecule has 0 saturated heterocycles. The molecule has 0 atom stereocenters. The highest BCUT2D eigenvalue weighted by Crippen LogP contribution is 2.30. The smallest absolute Gasteiger partial charge is 0.196 e. The topological polar surface area (TPSA) is 47.4 Å². The number of hydrogen-bond donors (Lipinski definition) is 0. The standard InChI is InChI=1S/C25H25N3O.C3H8O/c1-4-19-16-17-26-24-22(19)23(29)18(2)25(28(24)21-14-10-7-11-15-21)27(3)20-12-8-5-6-9-13-20;1-3-4-2/h5-8,10-17H,4,9H2,1-3H3;3H2,1-2H3. The molecule has 5 nitrogen and oxygen atoms in total. The Bertz CT molecular complexity index is 1240. The molecule has 0 amide bonds. The monoisotopic (exact) mass is 443 g/mol. The second-order valence-electron chi connectivity index (χ2n) is 7.76. The summed E-state index contributed by atoms with van der Waals surface area (Å²) in [6, 6.07) is 12.1. The van der Waals surface area contributed by atoms with Gasteiger partial charge in [-0.15, -0.1) is 0 Å². The molecular weight excluding hydrogens is 410 g/mol. The lowest BCUT2D eigenvalue weighted by Crippen LogP contribution is -2.26. The summed E-state index contributed by atoms with van der Waals surface area (Å²) in [5.74, 6) is 0.840. The number of fused-ring (bicyclic) bond motifs is 1. The molecule has 4 rings (SSSR count). The summed E-state index contributed by atoms with van der Waals surface area (Å²) in [6.07, 6.45) is 13.9. The van der Waals surface area contributed by atoms with Gasteiger partial charge in [-0.1, -0.05) is 49.4 Å². The van der Waals surface area contributed by atoms with Gasteiger partial charge in [0.1, 0.15) is 11.5 Å². The van der Waals surface area contributed by atoms with Crippen LogP contribution in [0.2, 0.25) is 0 Å². The van der Waals surface area contributed by atoms with E-state index in [1.54, 1.807) is 13.3 Å². The van der Waals surface area contributed by atoms with Crippen LogP contribution < -0.4 is 10.3 Å². The molecule has 0 bridgehead atoms. The molecule has 0 aliphatic heterocycles. The maximum atomic E-state index is 13.4. The zero-order valence-electron chi connectivity index (χ0n) is 20.2. The maximum absolute atomic E-state index is 13.4. The lowest BCUT2D eigenvalue weighted by molar-refractivity contribution is 0.215. The highest BCUT2D eigenvalue weighted by Gasteiger charge is 2.22. The van der Waals surface area contributed by atoms with Crippen molar-refractivity contribution in [2.24, 2.45) is 0 Å². The quantitative estimate of drug-likeness (QED) is 0.504. The minimum Gasteiger partial charge on any atom is -0.385 e. The molecule has 0 spiro atoms. The van der Waals surface area contributed by atoms with E-state index in [1.165, 1.54) is 0 Å². The van der Waals surface area contributed by atoms with E-state index in [9.17, 15) is 4.79 Å². The Morgan fingerprint density at radius 1 is 1.12 bits per heavy atom. The average molecular weight is 444 g/mol. The Hall–Kier alpha value is -3.44. The first kappa shape index (κ1) is 24.2. The van der Waals surface area contributed by atoms with Gasteiger partial charge in [0.2, 0.25) is 0 Å². The Morgan fingerprint density at radius 2 is 1.85 bits per heavy atom. The molecule has 3 aromatic rings. The van der Waals surface area contributed by atoms with Crippen molar-refractivity contribution in [2.75, 3.05) is 25.7 Å². The van der Waals surface area contributed by atoms with E-state index in [-0.39, 0.29) is 5.43 Å². The van der Waals surface area contributed by atoms with Gasteiger partial charge in [0, 0.05) is 43.9 Å². The number of nitrogens with zero attached hydrogens (tertiary/aromatic N) is 3. The molecule has 5 heteroatoms. The fraction of sp³-hybridized carbons (Fsp3) is 0.286. The van der Waals surface area contributed by atoms with E-state index in [1.807, 2.05) is 57.3 Å². The van der Waals surface area contributed by atoms with Crippen molar-refractivity contribution in [3.05, 3.63) is 100 Å². The molecule has 2 heterocycles. The normalized spacial score (nSPS) is 12.7. The van der Waals surface area contributed by atoms with E-state index in [0.717, 1.165) is 47.8 Å². The minimum absolute atomic E-state index is 0.0512. The number of anilines is 1. The van der Waals surface area contributed by atoms with Gasteiger partial charge in [0.05, 0.1) is 5.39 Å². The van der Waals surface area contributed by atoms with Gasteiger partial charge in [-0.2, -0.15) is 0 Å². The summed E-state index contributed by atoms with van der Waals surface area (Å²) in [5.41, 5.74) is 4.53. The van der Waals surface area contributed by atoms with Gasteiger partial charge >= 0.3 is 0 Å². The highest BCUT2D eigenvalue weighted by molar-refractivity contribution is 5.85. The molecule has 1 aromatic carbocycles. The van der Waals surface area contributed by atoms with Crippen molar-refractivity contribution in [2.45, 2.75) is 33.6 Å². The lowest BCUT2D eigenvalue weighted by Gasteiger charge is -2.28. The van der Waals surface area contributed by atoms with Crippen LogP contribution in [-0.4, -0.2) is 30.3 Å². The molecule has 0 fully saturated rings. The number of pyridine rings is 2. The van der Waals surface area contributed by atoms with E-state index < -0.39 is 0 Å². The molecule has 1 aliphatic rings. The summed E-state index contributed by atoms with van der Waals surface area (Å²) < 4.78 is 6.65. The Balaban J connectivity index is 0.000000709. The fourth-order valence-electron chi connectivity index (χ4n) is 3.92. The number of para-hydroxylation sites is 1. The van der Waals surface area contributed by atoms with Gasteiger partial charge in [-0.05, 0) is 56.5 Å². The number of likely N-dealkylation sites (N-methyl/N-ethyl adjacent to an activating group) is 1. The van der Waals surface area contributed by atoms with Crippen LogP contribution in [0.4, 0.5) is 5.82 Å². The molecule has 0 N–H and O–H groups in total. The SMILES string of the molecule is CCOC.CCc1ccnc2c1c(=O)c(C)c(N(C)C1=CCC=CC=C1)n2-c1ccccc1. The summed E-state index contributed by atoms with van der Waals surface area (Å²) in [4.78, 5) is 20.2. The molecule has 0 radical (unpaired) electrons. The lowest BCUT2D eigenvalue weighted by atomic mass is 10.1. The summed E-state index contributed by atoms with van der Waals surface area (Å²) in [7, 11) is 3.69. The maximum Gasteiger partial charge on any atom is 0.196 e. The predicted octanol–water partition coefficient (Wildman–Crippen LogP) is 5.75. The second kappa shape index (κ2) is 11.4. The molecule has 33 heavy (non-hydrogen) atoms. The first-order chi connectivity index (χ1) is 16.0. The number of aryl methyl sites for hydroxylation is 1. The number of benzene rings is 1. The van der Waals surface area contributed by atoms with Crippen molar-refractivity contribution in [1.29, 1.82) is 0 Å². The van der Waals surface area contributed by atoms with Crippen LogP contribution in [0.3, 0.4) is 0 Å². The van der Waals surface area contributed by atoms with Gasteiger partial charge in [0.15, 0.2) is 5.43 Å². The van der Waals surface area contributed by atoms with Crippen LogP contribution >= 0.6 is 0 Å². The number of aromatic nitrogens is 2. The van der Waals surface area contributed by atoms with Gasteiger partial charge in [-0.25, -0.2) is 4.98 Å². The number of allylic oxidation sites excluding steroid dienone is 5. The highest BCUT2D eigenvalue weighted by atomic mass is 16.5. The second-order valence-corrected chi connectivity index (χ2v) is 7.76. The molecular formula is C28H33N3O2. The number of ether oxygens (including phenoxy) is 1. The van der Waals surface area contributed by atoms with Crippen molar-refractivity contribution in [3.8, 4) is 5.69 Å². The van der Waals surface area contributed by atoms with E-state index in [4.69, 9.17) is 0 Å². The van der Waals surface area contributed by atoms with Crippen molar-refractivity contribution in [1.82, 2.24) is 9.55 Å². The molecule has 0 saturated carbocycles. The first-order valence-corrected chi connectivity index (χ1v) is 11.4. The molecule has 1 aliphatic carbocycles. The zero-order valence-corrected chi connectivity index (χ0v) is 20.2. The van der Waals surface area contributed by atoms with Crippen LogP contribution in [0.1, 0.15) is 31.4 Å². The van der Waals surface area contributed by atoms with Crippen LogP contribution in [0.5, 0.6) is 0 Å². The average Bonchev–Trinajstić information content (AvgIpc) is 3.15. The van der Waals surface area contributed by atoms with Crippen molar-refractivity contribution < 1.29 is 4.74 Å². The van der Waals surface area contributed by atoms with Crippen LogP contribution in [0.15, 0.2) is 83.5 Å². The first-order valence-electron chi connectivity index (χ1n) is 11.4. The van der Waals surface area contributed by atoms with Crippen LogP contribution in [0, 0.1) is 6.92 Å². The van der Waals surface area contributed by atoms with Crippen LogP contribution in [-0.2, 0) is 11.2 Å². The van der Waals surface area contributed by atoms with E-state index >= 15 is 0 Å². The third-order valence-corrected chi connectivity index (χ3v) is 5.71. The van der Waals surface area contributed by atoms with Gasteiger partial charge < -0.3 is 9.64 Å². The van der Waals surface area contributed by atoms with Crippen molar-refractivity contribution >= 4 is 16.9 Å². The number of rotatable bonds is 5. The largest absolute Gasteiger partial charge is 0.385 e. The summed E-state index contributed by atoms with van der Waals surface area (Å²) in [5, 5.41) is 0.709. The van der Waals surface area contributed by atoms with Gasteiger partial charge in [0.25, 0.3) is 0 Å². The molecule has 2 aromatic heterocycles. The molecule has 0 unspecified atom stereocenters. The van der Waals surface area contributed by atoms with Crippen molar-refractivity contribution in [3.63, 3.8) is 0 Å². The van der Waals surface area contributed by atoms with Gasteiger partial charge in [-0.3, -0.25) is 9.36 Å². The third kappa shape index (κ3) is 5.15. The van der Waals surface area contributed by atoms with E-state index in [0.29, 0.717) is 11.0 Å². The van der Waals surface area contributed by atoms with Crippen LogP contribution in [0.25, 0.3) is 16.7 Å². The fourth-order valence-corrected chi connectivity index (χ4v) is 3.92. The number of hydrogen-bond acceptors (Lipinski definition) is 4. The summed E-state index contributed by atoms with van der Waals surface area (Å²) >= 11 is 0. The summed E-state index contributed by atoms with van der Waals surface area (Å²) in [6.45, 7) is 6.77. The Morgan fingerprint density at radius 3 is 2.52 bits per heavy atom. The zero-order chi connectivity index (χ0) is 23.8. The Labute approximate surface area is 196 Å².